The summed E-state index contributed by atoms with van der Waals surface area (Å²) >= 11 is 0. The van der Waals surface area contributed by atoms with Crippen LogP contribution >= 0.6 is 0 Å². The molecule has 5 N–H and O–H groups in total. The molecule has 6 nitrogen and oxygen atoms in total. The molecule has 0 amide bonds. The Hall–Kier alpha value is -1.14. The lowest BCUT2D eigenvalue weighted by molar-refractivity contribution is 0.376. The zero-order valence-corrected chi connectivity index (χ0v) is 10.7. The van der Waals surface area contributed by atoms with Crippen LogP contribution in [0.5, 0.6) is 0 Å². The van der Waals surface area contributed by atoms with E-state index in [9.17, 15) is 0 Å². The van der Waals surface area contributed by atoms with Gasteiger partial charge in [0, 0.05) is 25.0 Å². The van der Waals surface area contributed by atoms with Gasteiger partial charge >= 0.3 is 0 Å². The summed E-state index contributed by atoms with van der Waals surface area (Å²) < 4.78 is 1.98. The highest BCUT2D eigenvalue weighted by molar-refractivity contribution is 5.29. The number of fused-ring (bicyclic) bond motifs is 1. The molecule has 0 bridgehead atoms. The predicted molar refractivity (Wildman–Crippen MR) is 70.4 cm³/mol. The molecule has 1 aromatic rings. The predicted octanol–water partition coefficient (Wildman–Crippen LogP) is 0.578. The minimum absolute atomic E-state index is 0.299. The van der Waals surface area contributed by atoms with Crippen molar-refractivity contribution in [3.8, 4) is 0 Å². The van der Waals surface area contributed by atoms with Gasteiger partial charge in [0.15, 0.2) is 5.82 Å². The van der Waals surface area contributed by atoms with Crippen molar-refractivity contribution in [2.45, 2.75) is 50.1 Å². The van der Waals surface area contributed by atoms with Crippen LogP contribution < -0.4 is 16.8 Å². The summed E-state index contributed by atoms with van der Waals surface area (Å²) in [5.41, 5.74) is 11.7. The van der Waals surface area contributed by atoms with E-state index < -0.39 is 0 Å². The van der Waals surface area contributed by atoms with E-state index in [1.54, 1.807) is 0 Å². The van der Waals surface area contributed by atoms with Crippen molar-refractivity contribution in [2.24, 2.45) is 11.5 Å². The van der Waals surface area contributed by atoms with Gasteiger partial charge < -0.3 is 16.8 Å². The molecule has 0 radical (unpaired) electrons. The molecule has 1 aromatic heterocycles. The molecule has 1 aliphatic heterocycles. The van der Waals surface area contributed by atoms with Gasteiger partial charge in [0.25, 0.3) is 0 Å². The third-order valence-corrected chi connectivity index (χ3v) is 4.16. The molecule has 2 heterocycles. The summed E-state index contributed by atoms with van der Waals surface area (Å²) in [4.78, 5) is 4.64. The fourth-order valence-electron chi connectivity index (χ4n) is 2.96. The van der Waals surface area contributed by atoms with Crippen LogP contribution in [0, 0.1) is 0 Å². The number of aromatic nitrogens is 3. The summed E-state index contributed by atoms with van der Waals surface area (Å²) in [7, 11) is 0. The van der Waals surface area contributed by atoms with Gasteiger partial charge in [-0.1, -0.05) is 0 Å². The second-order valence-corrected chi connectivity index (χ2v) is 5.45. The van der Waals surface area contributed by atoms with Crippen LogP contribution in [0.25, 0.3) is 0 Å². The molecule has 100 valence electrons. The number of nitrogens with zero attached hydrogens (tertiary/aromatic N) is 3. The molecule has 0 aromatic carbocycles. The van der Waals surface area contributed by atoms with E-state index in [1.807, 2.05) is 4.68 Å². The lowest BCUT2D eigenvalue weighted by Crippen LogP contribution is -2.29. The third kappa shape index (κ3) is 2.10. The van der Waals surface area contributed by atoms with Crippen LogP contribution in [0.3, 0.4) is 0 Å². The maximum atomic E-state index is 5.94. The van der Waals surface area contributed by atoms with Crippen LogP contribution in [0.15, 0.2) is 0 Å². The van der Waals surface area contributed by atoms with Crippen LogP contribution in [0.1, 0.15) is 49.9 Å². The second kappa shape index (κ2) is 4.85. The number of nitrogens with two attached hydrogens (primary N) is 2. The smallest absolute Gasteiger partial charge is 0.221 e. The van der Waals surface area contributed by atoms with Gasteiger partial charge in [-0.15, -0.1) is 0 Å². The van der Waals surface area contributed by atoms with Crippen molar-refractivity contribution in [2.75, 3.05) is 18.4 Å². The minimum Gasteiger partial charge on any atom is -0.354 e. The summed E-state index contributed by atoms with van der Waals surface area (Å²) in [6, 6.07) is 0.668. The molecule has 0 spiro atoms. The van der Waals surface area contributed by atoms with Gasteiger partial charge in [0.1, 0.15) is 0 Å². The quantitative estimate of drug-likeness (QED) is 0.713. The van der Waals surface area contributed by atoms with Crippen LogP contribution in [-0.2, 0) is 0 Å². The zero-order chi connectivity index (χ0) is 12.5. The Morgan fingerprint density at radius 2 is 2.00 bits per heavy atom. The maximum absolute atomic E-state index is 5.94. The van der Waals surface area contributed by atoms with Gasteiger partial charge in [0.2, 0.25) is 5.95 Å². The molecule has 2 aliphatic rings. The Balaban J connectivity index is 1.80. The molecular formula is C12H22N6. The van der Waals surface area contributed by atoms with Gasteiger partial charge in [-0.3, -0.25) is 0 Å². The average Bonchev–Trinajstić information content (AvgIpc) is 2.83. The largest absolute Gasteiger partial charge is 0.354 e. The normalized spacial score (nSPS) is 31.8. The first kappa shape index (κ1) is 11.9. The first-order valence-electron chi connectivity index (χ1n) is 6.94. The molecular weight excluding hydrogens is 228 g/mol. The Labute approximate surface area is 107 Å². The number of rotatable bonds is 2. The fourth-order valence-corrected chi connectivity index (χ4v) is 2.96. The van der Waals surface area contributed by atoms with E-state index in [4.69, 9.17) is 11.5 Å². The monoisotopic (exact) mass is 250 g/mol. The van der Waals surface area contributed by atoms with Crippen LogP contribution in [0.2, 0.25) is 0 Å². The molecule has 1 unspecified atom stereocenters. The first-order chi connectivity index (χ1) is 8.78. The van der Waals surface area contributed by atoms with Gasteiger partial charge in [-0.25, -0.2) is 4.68 Å². The third-order valence-electron chi connectivity index (χ3n) is 4.16. The highest BCUT2D eigenvalue weighted by Gasteiger charge is 2.27. The van der Waals surface area contributed by atoms with E-state index >= 15 is 0 Å². The SMILES string of the molecule is NCC1CCNc2nc(C3CCC(N)CC3)nn21. The zero-order valence-electron chi connectivity index (χ0n) is 10.7. The molecule has 0 saturated heterocycles. The van der Waals surface area contributed by atoms with Crippen molar-refractivity contribution in [1.29, 1.82) is 0 Å². The van der Waals surface area contributed by atoms with Crippen LogP contribution in [0.4, 0.5) is 5.95 Å². The minimum atomic E-state index is 0.299. The van der Waals surface area contributed by atoms with Crippen molar-refractivity contribution >= 4 is 5.95 Å². The lowest BCUT2D eigenvalue weighted by Gasteiger charge is -2.24. The summed E-state index contributed by atoms with van der Waals surface area (Å²) in [5, 5.41) is 7.98. The Morgan fingerprint density at radius 3 is 2.72 bits per heavy atom. The molecule has 6 heteroatoms. The molecule has 1 saturated carbocycles. The molecule has 3 rings (SSSR count). The lowest BCUT2D eigenvalue weighted by atomic mass is 9.86. The standard InChI is InChI=1S/C12H22N6/c13-7-10-5-6-15-12-16-11(17-18(10)12)8-1-3-9(14)4-2-8/h8-10H,1-7,13-14H2,(H,15,16,17). The van der Waals surface area contributed by atoms with Crippen molar-refractivity contribution in [1.82, 2.24) is 14.8 Å². The number of hydrogen-bond acceptors (Lipinski definition) is 5. The molecule has 1 aliphatic carbocycles. The number of nitrogens with one attached hydrogen (secondary N) is 1. The first-order valence-corrected chi connectivity index (χ1v) is 6.94. The number of hydrogen-bond donors (Lipinski definition) is 3. The Morgan fingerprint density at radius 1 is 1.22 bits per heavy atom. The van der Waals surface area contributed by atoms with E-state index in [-0.39, 0.29) is 0 Å². The Bertz CT molecular complexity index is 407. The van der Waals surface area contributed by atoms with Crippen molar-refractivity contribution in [3.05, 3.63) is 5.82 Å². The highest BCUT2D eigenvalue weighted by Crippen LogP contribution is 2.32. The average molecular weight is 250 g/mol. The van der Waals surface area contributed by atoms with Gasteiger partial charge in [-0.05, 0) is 32.1 Å². The summed E-state index contributed by atoms with van der Waals surface area (Å²) in [5.74, 6) is 2.34. The maximum Gasteiger partial charge on any atom is 0.221 e. The highest BCUT2D eigenvalue weighted by atomic mass is 15.4. The van der Waals surface area contributed by atoms with Crippen molar-refractivity contribution in [3.63, 3.8) is 0 Å². The van der Waals surface area contributed by atoms with E-state index in [2.05, 4.69) is 15.4 Å². The summed E-state index contributed by atoms with van der Waals surface area (Å²) in [6.07, 6.45) is 5.42. The van der Waals surface area contributed by atoms with E-state index in [0.717, 1.165) is 50.4 Å². The van der Waals surface area contributed by atoms with E-state index in [0.29, 0.717) is 24.5 Å². The molecule has 18 heavy (non-hydrogen) atoms. The second-order valence-electron chi connectivity index (χ2n) is 5.45. The van der Waals surface area contributed by atoms with Gasteiger partial charge in [0.05, 0.1) is 6.04 Å². The Kier molecular flexibility index (Phi) is 3.22. The molecule has 1 fully saturated rings. The fraction of sp³-hybridized carbons (Fsp3) is 0.833. The van der Waals surface area contributed by atoms with Crippen LogP contribution in [-0.4, -0.2) is 33.9 Å². The molecule has 1 atom stereocenters. The number of anilines is 1. The van der Waals surface area contributed by atoms with Gasteiger partial charge in [-0.2, -0.15) is 10.1 Å². The topological polar surface area (TPSA) is 94.8 Å². The summed E-state index contributed by atoms with van der Waals surface area (Å²) in [6.45, 7) is 1.57. The van der Waals surface area contributed by atoms with E-state index in [1.165, 1.54) is 0 Å². The van der Waals surface area contributed by atoms with Crippen molar-refractivity contribution < 1.29 is 0 Å².